The first kappa shape index (κ1) is 15.8. The highest BCUT2D eigenvalue weighted by Gasteiger charge is 2.10. The summed E-state index contributed by atoms with van der Waals surface area (Å²) in [5.41, 5.74) is 1.07. The monoisotopic (exact) mass is 300 g/mol. The predicted octanol–water partition coefficient (Wildman–Crippen LogP) is 2.61. The number of aromatic nitrogens is 2. The van der Waals surface area contributed by atoms with Crippen LogP contribution in [0.5, 0.6) is 5.75 Å². The van der Waals surface area contributed by atoms with Gasteiger partial charge in [-0.2, -0.15) is 0 Å². The summed E-state index contributed by atoms with van der Waals surface area (Å²) in [6.45, 7) is 4.68. The second kappa shape index (κ2) is 7.40. The van der Waals surface area contributed by atoms with Gasteiger partial charge in [-0.15, -0.1) is 0 Å². The molecule has 2 aromatic rings. The Morgan fingerprint density at radius 3 is 2.77 bits per heavy atom. The number of hydrogen-bond acceptors (Lipinski definition) is 5. The number of rotatable bonds is 6. The van der Waals surface area contributed by atoms with Crippen LogP contribution in [0.2, 0.25) is 0 Å². The minimum atomic E-state index is -0.209. The Hall–Kier alpha value is -2.63. The zero-order chi connectivity index (χ0) is 15.9. The number of methoxy groups -OCH3 is 1. The molecule has 1 aromatic carbocycles. The van der Waals surface area contributed by atoms with E-state index in [1.165, 1.54) is 0 Å². The summed E-state index contributed by atoms with van der Waals surface area (Å²) in [6, 6.07) is 9.03. The van der Waals surface area contributed by atoms with E-state index in [4.69, 9.17) is 4.74 Å². The number of amides is 1. The van der Waals surface area contributed by atoms with E-state index in [-0.39, 0.29) is 5.91 Å². The maximum Gasteiger partial charge on any atom is 0.270 e. The van der Waals surface area contributed by atoms with E-state index in [0.717, 1.165) is 5.69 Å². The summed E-state index contributed by atoms with van der Waals surface area (Å²) < 4.78 is 5.26. The second-order valence-electron chi connectivity index (χ2n) is 5.19. The van der Waals surface area contributed by atoms with E-state index in [1.54, 1.807) is 19.4 Å². The Balaban J connectivity index is 2.13. The molecule has 0 spiro atoms. The maximum atomic E-state index is 12.0. The third-order valence-corrected chi connectivity index (χ3v) is 2.91. The molecule has 1 heterocycles. The van der Waals surface area contributed by atoms with Crippen molar-refractivity contribution in [3.63, 3.8) is 0 Å². The molecule has 0 aliphatic heterocycles. The number of carbonyl (C=O) groups excluding carboxylic acids is 1. The minimum Gasteiger partial charge on any atom is -0.495 e. The summed E-state index contributed by atoms with van der Waals surface area (Å²) in [4.78, 5) is 20.4. The van der Waals surface area contributed by atoms with Crippen molar-refractivity contribution in [2.24, 2.45) is 5.92 Å². The topological polar surface area (TPSA) is 76.1 Å². The summed E-state index contributed by atoms with van der Waals surface area (Å²) in [6.07, 6.45) is 1.55. The van der Waals surface area contributed by atoms with Gasteiger partial charge in [0.25, 0.3) is 5.91 Å². The highest BCUT2D eigenvalue weighted by atomic mass is 16.5. The highest BCUT2D eigenvalue weighted by Crippen LogP contribution is 2.25. The zero-order valence-corrected chi connectivity index (χ0v) is 13.0. The van der Waals surface area contributed by atoms with Crippen molar-refractivity contribution in [2.75, 3.05) is 19.0 Å². The molecular weight excluding hydrogens is 280 g/mol. The van der Waals surface area contributed by atoms with Crippen LogP contribution in [0, 0.1) is 5.92 Å². The average Bonchev–Trinajstić information content (AvgIpc) is 2.53. The van der Waals surface area contributed by atoms with Crippen LogP contribution in [-0.4, -0.2) is 29.5 Å². The van der Waals surface area contributed by atoms with Crippen molar-refractivity contribution in [2.45, 2.75) is 13.8 Å². The molecule has 2 N–H and O–H groups in total. The summed E-state index contributed by atoms with van der Waals surface area (Å²) in [7, 11) is 1.59. The van der Waals surface area contributed by atoms with E-state index in [1.807, 2.05) is 38.1 Å². The number of hydrogen-bond donors (Lipinski definition) is 2. The van der Waals surface area contributed by atoms with Crippen LogP contribution in [0.15, 0.2) is 36.5 Å². The van der Waals surface area contributed by atoms with E-state index in [0.29, 0.717) is 29.9 Å². The molecule has 1 amide bonds. The van der Waals surface area contributed by atoms with Crippen LogP contribution in [0.4, 0.5) is 11.6 Å². The predicted molar refractivity (Wildman–Crippen MR) is 85.5 cm³/mol. The number of para-hydroxylation sites is 2. The Morgan fingerprint density at radius 2 is 2.05 bits per heavy atom. The molecule has 0 aliphatic carbocycles. The van der Waals surface area contributed by atoms with Gasteiger partial charge >= 0.3 is 0 Å². The number of anilines is 2. The molecule has 116 valence electrons. The van der Waals surface area contributed by atoms with Crippen molar-refractivity contribution in [3.05, 3.63) is 42.2 Å². The molecule has 0 saturated carbocycles. The van der Waals surface area contributed by atoms with Gasteiger partial charge in [-0.1, -0.05) is 26.0 Å². The summed E-state index contributed by atoms with van der Waals surface area (Å²) >= 11 is 0. The first-order valence-corrected chi connectivity index (χ1v) is 7.11. The molecule has 0 unspecified atom stereocenters. The number of carbonyl (C=O) groups is 1. The summed E-state index contributed by atoms with van der Waals surface area (Å²) in [5.74, 6) is 1.21. The third-order valence-electron chi connectivity index (χ3n) is 2.91. The molecule has 0 aliphatic rings. The van der Waals surface area contributed by atoms with Crippen molar-refractivity contribution in [3.8, 4) is 5.75 Å². The van der Waals surface area contributed by atoms with Crippen LogP contribution in [0.25, 0.3) is 0 Å². The standard InChI is InChI=1S/C16H20N4O2/c1-11(2)10-18-15(21)13-8-9-17-16(20-13)19-12-6-4-5-7-14(12)22-3/h4-9,11H,10H2,1-3H3,(H,18,21)(H,17,19,20). The fourth-order valence-corrected chi connectivity index (χ4v) is 1.80. The quantitative estimate of drug-likeness (QED) is 0.857. The van der Waals surface area contributed by atoms with Crippen molar-refractivity contribution in [1.82, 2.24) is 15.3 Å². The lowest BCUT2D eigenvalue weighted by atomic mass is 10.2. The molecule has 0 radical (unpaired) electrons. The van der Waals surface area contributed by atoms with Gasteiger partial charge in [0.05, 0.1) is 12.8 Å². The normalized spacial score (nSPS) is 10.4. The number of nitrogens with one attached hydrogen (secondary N) is 2. The molecule has 0 atom stereocenters. The van der Waals surface area contributed by atoms with Gasteiger partial charge in [0, 0.05) is 12.7 Å². The van der Waals surface area contributed by atoms with Gasteiger partial charge in [-0.25, -0.2) is 9.97 Å². The summed E-state index contributed by atoms with van der Waals surface area (Å²) in [5, 5.41) is 5.89. The van der Waals surface area contributed by atoms with E-state index in [2.05, 4.69) is 20.6 Å². The molecule has 6 nitrogen and oxygen atoms in total. The number of ether oxygens (including phenoxy) is 1. The molecule has 0 bridgehead atoms. The lowest BCUT2D eigenvalue weighted by molar-refractivity contribution is 0.0944. The molecule has 1 aromatic heterocycles. The SMILES string of the molecule is COc1ccccc1Nc1nccc(C(=O)NCC(C)C)n1. The Kier molecular flexibility index (Phi) is 5.30. The Morgan fingerprint density at radius 1 is 1.27 bits per heavy atom. The largest absolute Gasteiger partial charge is 0.495 e. The van der Waals surface area contributed by atoms with Gasteiger partial charge in [-0.3, -0.25) is 4.79 Å². The Bertz CT molecular complexity index is 644. The van der Waals surface area contributed by atoms with Crippen LogP contribution >= 0.6 is 0 Å². The molecular formula is C16H20N4O2. The van der Waals surface area contributed by atoms with Gasteiger partial charge in [0.2, 0.25) is 5.95 Å². The molecule has 6 heteroatoms. The van der Waals surface area contributed by atoms with Crippen LogP contribution < -0.4 is 15.4 Å². The van der Waals surface area contributed by atoms with Crippen molar-refractivity contribution < 1.29 is 9.53 Å². The smallest absolute Gasteiger partial charge is 0.270 e. The molecule has 0 saturated heterocycles. The molecule has 22 heavy (non-hydrogen) atoms. The second-order valence-corrected chi connectivity index (χ2v) is 5.19. The average molecular weight is 300 g/mol. The van der Waals surface area contributed by atoms with Crippen molar-refractivity contribution in [1.29, 1.82) is 0 Å². The minimum absolute atomic E-state index is 0.209. The highest BCUT2D eigenvalue weighted by molar-refractivity contribution is 5.92. The maximum absolute atomic E-state index is 12.0. The number of nitrogens with zero attached hydrogens (tertiary/aromatic N) is 2. The molecule has 0 fully saturated rings. The van der Waals surface area contributed by atoms with E-state index >= 15 is 0 Å². The zero-order valence-electron chi connectivity index (χ0n) is 13.0. The van der Waals surface area contributed by atoms with Crippen molar-refractivity contribution >= 4 is 17.5 Å². The van der Waals surface area contributed by atoms with Crippen LogP contribution in [0.1, 0.15) is 24.3 Å². The Labute approximate surface area is 129 Å². The van der Waals surface area contributed by atoms with Gasteiger partial charge < -0.3 is 15.4 Å². The van der Waals surface area contributed by atoms with Crippen LogP contribution in [0.3, 0.4) is 0 Å². The lowest BCUT2D eigenvalue weighted by Crippen LogP contribution is -2.28. The fraction of sp³-hybridized carbons (Fsp3) is 0.312. The van der Waals surface area contributed by atoms with Gasteiger partial charge in [0.1, 0.15) is 11.4 Å². The third kappa shape index (κ3) is 4.18. The van der Waals surface area contributed by atoms with Crippen LogP contribution in [-0.2, 0) is 0 Å². The number of benzene rings is 1. The van der Waals surface area contributed by atoms with Gasteiger partial charge in [-0.05, 0) is 24.1 Å². The van der Waals surface area contributed by atoms with E-state index in [9.17, 15) is 4.79 Å². The van der Waals surface area contributed by atoms with Gasteiger partial charge in [0.15, 0.2) is 0 Å². The first-order chi connectivity index (χ1) is 10.6. The molecule has 2 rings (SSSR count). The lowest BCUT2D eigenvalue weighted by Gasteiger charge is -2.10. The first-order valence-electron chi connectivity index (χ1n) is 7.11. The van der Waals surface area contributed by atoms with E-state index < -0.39 is 0 Å². The fourth-order valence-electron chi connectivity index (χ4n) is 1.80.